The van der Waals surface area contributed by atoms with Gasteiger partial charge in [-0.25, -0.2) is 4.79 Å². The number of carbonyl (C=O) groups excluding carboxylic acids is 3. The van der Waals surface area contributed by atoms with Crippen molar-refractivity contribution >= 4 is 23.3 Å². The summed E-state index contributed by atoms with van der Waals surface area (Å²) in [7, 11) is 0. The van der Waals surface area contributed by atoms with Gasteiger partial charge in [0.2, 0.25) is 11.7 Å². The molecule has 0 saturated carbocycles. The molecule has 0 aliphatic carbocycles. The molecule has 1 atom stereocenters. The number of anilines is 1. The first-order chi connectivity index (χ1) is 13.7. The first-order valence-corrected chi connectivity index (χ1v) is 9.60. The molecule has 29 heavy (non-hydrogen) atoms. The average molecular weight is 397 g/mol. The molecule has 6 nitrogen and oxygen atoms in total. The molecule has 0 aliphatic rings. The predicted octanol–water partition coefficient (Wildman–Crippen LogP) is 4.50. The highest BCUT2D eigenvalue weighted by atomic mass is 16.5. The zero-order valence-electron chi connectivity index (χ0n) is 17.4. The highest BCUT2D eigenvalue weighted by molar-refractivity contribution is 6.02. The summed E-state index contributed by atoms with van der Waals surface area (Å²) >= 11 is 0. The summed E-state index contributed by atoms with van der Waals surface area (Å²) in [6.07, 6.45) is -0.902. The Balaban J connectivity index is 1.97. The Morgan fingerprint density at radius 2 is 1.34 bits per heavy atom. The molecule has 1 N–H and O–H groups in total. The van der Waals surface area contributed by atoms with Gasteiger partial charge in [0, 0.05) is 17.2 Å². The zero-order valence-corrected chi connectivity index (χ0v) is 17.4. The van der Waals surface area contributed by atoms with Crippen LogP contribution in [0, 0.1) is 5.92 Å². The van der Waals surface area contributed by atoms with E-state index in [1.165, 1.54) is 6.92 Å². The first-order valence-electron chi connectivity index (χ1n) is 9.60. The van der Waals surface area contributed by atoms with Crippen molar-refractivity contribution in [3.63, 3.8) is 0 Å². The molecule has 2 aromatic carbocycles. The Morgan fingerprint density at radius 3 is 1.86 bits per heavy atom. The monoisotopic (exact) mass is 397 g/mol. The second kappa shape index (κ2) is 9.87. The number of rotatable bonds is 8. The summed E-state index contributed by atoms with van der Waals surface area (Å²) in [5.74, 6) is -0.481. The normalized spacial score (nSPS) is 11.8. The van der Waals surface area contributed by atoms with Gasteiger partial charge in [-0.3, -0.25) is 9.59 Å². The molecule has 0 aliphatic heterocycles. The predicted molar refractivity (Wildman–Crippen MR) is 111 cm³/mol. The number of hydrogen-bond acceptors (Lipinski definition) is 5. The number of ketones is 1. The Bertz CT molecular complexity index is 854. The van der Waals surface area contributed by atoms with E-state index in [2.05, 4.69) is 5.32 Å². The lowest BCUT2D eigenvalue weighted by atomic mass is 10.1. The molecule has 0 fully saturated rings. The van der Waals surface area contributed by atoms with E-state index < -0.39 is 12.1 Å². The van der Waals surface area contributed by atoms with Crippen LogP contribution in [0.4, 0.5) is 5.69 Å². The van der Waals surface area contributed by atoms with Gasteiger partial charge >= 0.3 is 5.97 Å². The number of amides is 1. The fourth-order valence-corrected chi connectivity index (χ4v) is 2.46. The summed E-state index contributed by atoms with van der Waals surface area (Å²) in [5.41, 5.74) is 1.34. The highest BCUT2D eigenvalue weighted by Gasteiger charge is 2.20. The quantitative estimate of drug-likeness (QED) is 0.524. The molecule has 6 heteroatoms. The minimum absolute atomic E-state index is 0.0375. The van der Waals surface area contributed by atoms with Crippen LogP contribution in [0.15, 0.2) is 48.5 Å². The van der Waals surface area contributed by atoms with Gasteiger partial charge in [-0.15, -0.1) is 0 Å². The van der Waals surface area contributed by atoms with E-state index in [-0.39, 0.29) is 23.7 Å². The number of benzene rings is 2. The van der Waals surface area contributed by atoms with E-state index >= 15 is 0 Å². The van der Waals surface area contributed by atoms with Crippen LogP contribution in [-0.2, 0) is 9.53 Å². The Hall–Kier alpha value is -3.15. The van der Waals surface area contributed by atoms with Gasteiger partial charge in [0.05, 0.1) is 11.7 Å². The molecule has 2 rings (SSSR count). The van der Waals surface area contributed by atoms with Gasteiger partial charge in [-0.05, 0) is 69.3 Å². The van der Waals surface area contributed by atoms with Crippen molar-refractivity contribution in [3.8, 4) is 5.75 Å². The lowest BCUT2D eigenvalue weighted by Gasteiger charge is -2.14. The molecule has 0 saturated heterocycles. The maximum absolute atomic E-state index is 12.5. The Labute approximate surface area is 171 Å². The standard InChI is InChI=1S/C23H27NO5/c1-14(2)22(26)24-19-10-6-17(7-11-19)21(25)16(5)29-23(27)18-8-12-20(13-9-18)28-15(3)4/h6-16H,1-5H3,(H,24,26). The fraction of sp³-hybridized carbons (Fsp3) is 0.348. The third kappa shape index (κ3) is 6.45. The van der Waals surface area contributed by atoms with Gasteiger partial charge in [0.25, 0.3) is 0 Å². The molecule has 1 unspecified atom stereocenters. The van der Waals surface area contributed by atoms with E-state index in [4.69, 9.17) is 9.47 Å². The van der Waals surface area contributed by atoms with Gasteiger partial charge < -0.3 is 14.8 Å². The van der Waals surface area contributed by atoms with Gasteiger partial charge in [0.1, 0.15) is 5.75 Å². The molecule has 2 aromatic rings. The van der Waals surface area contributed by atoms with Crippen LogP contribution in [0.1, 0.15) is 55.3 Å². The number of hydrogen-bond donors (Lipinski definition) is 1. The molecule has 0 aromatic heterocycles. The summed E-state index contributed by atoms with van der Waals surface area (Å²) in [6, 6.07) is 13.1. The van der Waals surface area contributed by atoms with E-state index in [0.29, 0.717) is 22.6 Å². The van der Waals surface area contributed by atoms with Crippen molar-refractivity contribution in [2.24, 2.45) is 5.92 Å². The van der Waals surface area contributed by atoms with Crippen molar-refractivity contribution in [1.82, 2.24) is 0 Å². The van der Waals surface area contributed by atoms with Crippen LogP contribution < -0.4 is 10.1 Å². The number of Topliss-reactive ketones (excluding diaryl/α,β-unsaturated/α-hetero) is 1. The first kappa shape index (κ1) is 22.1. The number of ether oxygens (including phenoxy) is 2. The molecule has 154 valence electrons. The smallest absolute Gasteiger partial charge is 0.338 e. The van der Waals surface area contributed by atoms with Crippen LogP contribution in [-0.4, -0.2) is 29.9 Å². The lowest BCUT2D eigenvalue weighted by Crippen LogP contribution is -2.24. The van der Waals surface area contributed by atoms with E-state index in [1.54, 1.807) is 62.4 Å². The number of esters is 1. The van der Waals surface area contributed by atoms with Crippen LogP contribution in [0.2, 0.25) is 0 Å². The Morgan fingerprint density at radius 1 is 0.793 bits per heavy atom. The molecule has 0 bridgehead atoms. The molecule has 1 amide bonds. The van der Waals surface area contributed by atoms with Crippen LogP contribution in [0.5, 0.6) is 5.75 Å². The topological polar surface area (TPSA) is 81.7 Å². The van der Waals surface area contributed by atoms with Crippen molar-refractivity contribution in [2.75, 3.05) is 5.32 Å². The van der Waals surface area contributed by atoms with Gasteiger partial charge in [-0.2, -0.15) is 0 Å². The molecular weight excluding hydrogens is 370 g/mol. The third-order valence-electron chi connectivity index (χ3n) is 4.08. The van der Waals surface area contributed by atoms with Crippen molar-refractivity contribution in [3.05, 3.63) is 59.7 Å². The SMILES string of the molecule is CC(C)Oc1ccc(C(=O)OC(C)C(=O)c2ccc(NC(=O)C(C)C)cc2)cc1. The average Bonchev–Trinajstić information content (AvgIpc) is 2.67. The summed E-state index contributed by atoms with van der Waals surface area (Å²) < 4.78 is 10.8. The largest absolute Gasteiger partial charge is 0.491 e. The molecular formula is C23H27NO5. The molecule has 0 spiro atoms. The summed E-state index contributed by atoms with van der Waals surface area (Å²) in [5, 5.41) is 2.76. The molecule has 0 heterocycles. The minimum Gasteiger partial charge on any atom is -0.491 e. The molecule has 0 radical (unpaired) electrons. The van der Waals surface area contributed by atoms with Crippen molar-refractivity contribution < 1.29 is 23.9 Å². The number of carbonyl (C=O) groups is 3. The maximum atomic E-state index is 12.5. The fourth-order valence-electron chi connectivity index (χ4n) is 2.46. The van der Waals surface area contributed by atoms with E-state index in [1.807, 2.05) is 13.8 Å². The minimum atomic E-state index is -0.940. The second-order valence-corrected chi connectivity index (χ2v) is 7.32. The van der Waals surface area contributed by atoms with E-state index in [0.717, 1.165) is 0 Å². The van der Waals surface area contributed by atoms with Crippen LogP contribution in [0.25, 0.3) is 0 Å². The van der Waals surface area contributed by atoms with Crippen molar-refractivity contribution in [1.29, 1.82) is 0 Å². The van der Waals surface area contributed by atoms with Gasteiger partial charge in [0.15, 0.2) is 6.10 Å². The van der Waals surface area contributed by atoms with Crippen LogP contribution >= 0.6 is 0 Å². The lowest BCUT2D eigenvalue weighted by molar-refractivity contribution is -0.118. The van der Waals surface area contributed by atoms with Crippen LogP contribution in [0.3, 0.4) is 0 Å². The maximum Gasteiger partial charge on any atom is 0.338 e. The summed E-state index contributed by atoms with van der Waals surface area (Å²) in [4.78, 5) is 36.6. The van der Waals surface area contributed by atoms with E-state index in [9.17, 15) is 14.4 Å². The number of nitrogens with one attached hydrogen (secondary N) is 1. The highest BCUT2D eigenvalue weighted by Crippen LogP contribution is 2.17. The summed E-state index contributed by atoms with van der Waals surface area (Å²) in [6.45, 7) is 8.97. The second-order valence-electron chi connectivity index (χ2n) is 7.32. The Kier molecular flexibility index (Phi) is 7.53. The third-order valence-corrected chi connectivity index (χ3v) is 4.08. The zero-order chi connectivity index (χ0) is 21.6. The van der Waals surface area contributed by atoms with Crippen molar-refractivity contribution in [2.45, 2.75) is 46.8 Å². The van der Waals surface area contributed by atoms with Gasteiger partial charge in [-0.1, -0.05) is 13.8 Å².